The summed E-state index contributed by atoms with van der Waals surface area (Å²) < 4.78 is 5.14. The molecule has 1 atom stereocenters. The quantitative estimate of drug-likeness (QED) is 0.649. The minimum atomic E-state index is -1.21. The number of rotatable bonds is 6. The van der Waals surface area contributed by atoms with Crippen molar-refractivity contribution in [3.8, 4) is 0 Å². The summed E-state index contributed by atoms with van der Waals surface area (Å²) >= 11 is 1.38. The Labute approximate surface area is 127 Å². The first kappa shape index (κ1) is 15.5. The number of carbonyl (C=O) groups excluding carboxylic acids is 1. The maximum Gasteiger partial charge on any atom is 0.331 e. The lowest BCUT2D eigenvalue weighted by atomic mass is 9.93. The minimum Gasteiger partial charge on any atom is -0.464 e. The molecule has 0 saturated heterocycles. The summed E-state index contributed by atoms with van der Waals surface area (Å²) in [4.78, 5) is 20.5. The summed E-state index contributed by atoms with van der Waals surface area (Å²) in [7, 11) is 0. The number of esters is 1. The van der Waals surface area contributed by atoms with E-state index in [1.807, 2.05) is 30.3 Å². The number of hydrogen-bond acceptors (Lipinski definition) is 6. The highest BCUT2D eigenvalue weighted by Crippen LogP contribution is 2.27. The summed E-state index contributed by atoms with van der Waals surface area (Å²) in [6, 6.07) is 9.24. The Hall–Kier alpha value is -1.92. The van der Waals surface area contributed by atoms with Gasteiger partial charge in [-0.1, -0.05) is 30.3 Å². The zero-order valence-electron chi connectivity index (χ0n) is 11.7. The SMILES string of the molecule is CCOC(=O)C(N)(CSc1cnccn1)c1ccccc1. The number of ether oxygens (including phenoxy) is 1. The third-order valence-corrected chi connectivity index (χ3v) is 4.02. The van der Waals surface area contributed by atoms with E-state index in [1.54, 1.807) is 25.5 Å². The zero-order chi connectivity index (χ0) is 15.1. The van der Waals surface area contributed by atoms with Crippen molar-refractivity contribution in [2.75, 3.05) is 12.4 Å². The lowest BCUT2D eigenvalue weighted by molar-refractivity contribution is -0.149. The molecule has 0 fully saturated rings. The molecule has 2 N–H and O–H groups in total. The molecule has 0 saturated carbocycles. The first-order chi connectivity index (χ1) is 10.2. The number of thioether (sulfide) groups is 1. The summed E-state index contributed by atoms with van der Waals surface area (Å²) in [6.45, 7) is 2.06. The zero-order valence-corrected chi connectivity index (χ0v) is 12.5. The van der Waals surface area contributed by atoms with Crippen LogP contribution in [0.2, 0.25) is 0 Å². The number of aromatic nitrogens is 2. The molecule has 0 aliphatic rings. The maximum atomic E-state index is 12.3. The number of nitrogens with two attached hydrogens (primary N) is 1. The topological polar surface area (TPSA) is 78.1 Å². The van der Waals surface area contributed by atoms with E-state index in [0.717, 1.165) is 5.56 Å². The van der Waals surface area contributed by atoms with Gasteiger partial charge < -0.3 is 10.5 Å². The largest absolute Gasteiger partial charge is 0.464 e. The van der Waals surface area contributed by atoms with Crippen molar-refractivity contribution in [3.05, 3.63) is 54.5 Å². The summed E-state index contributed by atoms with van der Waals surface area (Å²) in [5.41, 5.74) is 5.87. The molecule has 0 bridgehead atoms. The van der Waals surface area contributed by atoms with Crippen molar-refractivity contribution in [1.82, 2.24) is 9.97 Å². The Morgan fingerprint density at radius 2 is 2.10 bits per heavy atom. The highest BCUT2D eigenvalue weighted by atomic mass is 32.2. The van der Waals surface area contributed by atoms with E-state index in [1.165, 1.54) is 11.8 Å². The van der Waals surface area contributed by atoms with Crippen LogP contribution in [0.25, 0.3) is 0 Å². The van der Waals surface area contributed by atoms with Gasteiger partial charge >= 0.3 is 5.97 Å². The highest BCUT2D eigenvalue weighted by Gasteiger charge is 2.37. The average molecular weight is 303 g/mol. The second-order valence-electron chi connectivity index (χ2n) is 4.39. The van der Waals surface area contributed by atoms with Crippen molar-refractivity contribution in [3.63, 3.8) is 0 Å². The Kier molecular flexibility index (Phi) is 5.30. The van der Waals surface area contributed by atoms with Crippen LogP contribution in [0.4, 0.5) is 0 Å². The molecule has 0 amide bonds. The summed E-state index contributed by atoms with van der Waals surface area (Å²) in [5.74, 6) is -0.109. The van der Waals surface area contributed by atoms with Gasteiger partial charge in [0.1, 0.15) is 10.6 Å². The molecule has 6 heteroatoms. The molecule has 1 unspecified atom stereocenters. The maximum absolute atomic E-state index is 12.3. The number of carbonyl (C=O) groups is 1. The van der Waals surface area contributed by atoms with Crippen molar-refractivity contribution in [1.29, 1.82) is 0 Å². The Morgan fingerprint density at radius 1 is 1.33 bits per heavy atom. The first-order valence-corrected chi connectivity index (χ1v) is 7.56. The van der Waals surface area contributed by atoms with Gasteiger partial charge in [0.05, 0.1) is 12.8 Å². The van der Waals surface area contributed by atoms with Crippen LogP contribution in [0.1, 0.15) is 12.5 Å². The molecule has 0 radical (unpaired) electrons. The van der Waals surface area contributed by atoms with E-state index in [4.69, 9.17) is 10.5 Å². The Morgan fingerprint density at radius 3 is 2.71 bits per heavy atom. The van der Waals surface area contributed by atoms with Gasteiger partial charge in [0, 0.05) is 18.1 Å². The Bertz CT molecular complexity index is 580. The molecule has 0 spiro atoms. The van der Waals surface area contributed by atoms with Gasteiger partial charge in [-0.25, -0.2) is 9.78 Å². The molecule has 1 heterocycles. The predicted octanol–water partition coefficient (Wildman–Crippen LogP) is 1.99. The molecule has 0 aliphatic carbocycles. The molecular weight excluding hydrogens is 286 g/mol. The second-order valence-corrected chi connectivity index (χ2v) is 5.39. The fourth-order valence-electron chi connectivity index (χ4n) is 1.80. The van der Waals surface area contributed by atoms with Crippen molar-refractivity contribution >= 4 is 17.7 Å². The molecular formula is C15H17N3O2S. The van der Waals surface area contributed by atoms with Crippen molar-refractivity contribution < 1.29 is 9.53 Å². The third-order valence-electron chi connectivity index (χ3n) is 2.92. The summed E-state index contributed by atoms with van der Waals surface area (Å²) in [6.07, 6.45) is 4.84. The van der Waals surface area contributed by atoms with Crippen LogP contribution >= 0.6 is 11.8 Å². The van der Waals surface area contributed by atoms with E-state index >= 15 is 0 Å². The third kappa shape index (κ3) is 3.80. The molecule has 0 aliphatic heterocycles. The lowest BCUT2D eigenvalue weighted by Gasteiger charge is -2.27. The standard InChI is InChI=1S/C15H17N3O2S/c1-2-20-14(19)15(16,12-6-4-3-5-7-12)11-21-13-10-17-8-9-18-13/h3-10H,2,11,16H2,1H3. The van der Waals surface area contributed by atoms with Crippen molar-refractivity contribution in [2.45, 2.75) is 17.5 Å². The average Bonchev–Trinajstić information content (AvgIpc) is 2.54. The highest BCUT2D eigenvalue weighted by molar-refractivity contribution is 7.99. The van der Waals surface area contributed by atoms with Gasteiger partial charge in [-0.05, 0) is 12.5 Å². The molecule has 21 heavy (non-hydrogen) atoms. The van der Waals surface area contributed by atoms with Gasteiger partial charge in [-0.3, -0.25) is 4.98 Å². The number of hydrogen-bond donors (Lipinski definition) is 1. The number of nitrogens with zero attached hydrogens (tertiary/aromatic N) is 2. The fraction of sp³-hybridized carbons (Fsp3) is 0.267. The van der Waals surface area contributed by atoms with Crippen LogP contribution in [0.3, 0.4) is 0 Å². The van der Waals surface area contributed by atoms with Crippen LogP contribution in [-0.4, -0.2) is 28.3 Å². The first-order valence-electron chi connectivity index (χ1n) is 6.57. The van der Waals surface area contributed by atoms with Crippen LogP contribution in [-0.2, 0) is 15.1 Å². The molecule has 5 nitrogen and oxygen atoms in total. The van der Waals surface area contributed by atoms with Gasteiger partial charge in [0.25, 0.3) is 0 Å². The predicted molar refractivity (Wildman–Crippen MR) is 81.7 cm³/mol. The Balaban J connectivity index is 2.22. The molecule has 1 aromatic heterocycles. The van der Waals surface area contributed by atoms with Crippen LogP contribution in [0.5, 0.6) is 0 Å². The molecule has 2 rings (SSSR count). The van der Waals surface area contributed by atoms with E-state index in [9.17, 15) is 4.79 Å². The van der Waals surface area contributed by atoms with E-state index in [2.05, 4.69) is 9.97 Å². The van der Waals surface area contributed by atoms with E-state index in [0.29, 0.717) is 17.4 Å². The molecule has 2 aromatic rings. The van der Waals surface area contributed by atoms with Crippen LogP contribution < -0.4 is 5.73 Å². The fourth-order valence-corrected chi connectivity index (χ4v) is 2.73. The van der Waals surface area contributed by atoms with E-state index < -0.39 is 11.5 Å². The van der Waals surface area contributed by atoms with Gasteiger partial charge in [-0.2, -0.15) is 0 Å². The monoisotopic (exact) mass is 303 g/mol. The second kappa shape index (κ2) is 7.19. The summed E-state index contributed by atoms with van der Waals surface area (Å²) in [5, 5.41) is 0.715. The number of benzene rings is 1. The minimum absolute atomic E-state index is 0.292. The van der Waals surface area contributed by atoms with Gasteiger partial charge in [0.15, 0.2) is 0 Å². The van der Waals surface area contributed by atoms with Crippen LogP contribution in [0, 0.1) is 0 Å². The van der Waals surface area contributed by atoms with Gasteiger partial charge in [0.2, 0.25) is 0 Å². The van der Waals surface area contributed by atoms with Crippen molar-refractivity contribution in [2.24, 2.45) is 5.73 Å². The normalized spacial score (nSPS) is 13.4. The van der Waals surface area contributed by atoms with Gasteiger partial charge in [-0.15, -0.1) is 11.8 Å². The van der Waals surface area contributed by atoms with E-state index in [-0.39, 0.29) is 0 Å². The smallest absolute Gasteiger partial charge is 0.331 e. The van der Waals surface area contributed by atoms with Crippen LogP contribution in [0.15, 0.2) is 53.9 Å². The lowest BCUT2D eigenvalue weighted by Crippen LogP contribution is -2.48. The molecule has 1 aromatic carbocycles. The molecule has 110 valence electrons.